The van der Waals surface area contributed by atoms with E-state index in [9.17, 15) is 0 Å². The van der Waals surface area contributed by atoms with Crippen LogP contribution in [0.25, 0.3) is 43.1 Å². The van der Waals surface area contributed by atoms with Crippen molar-refractivity contribution in [1.82, 2.24) is 0 Å². The number of nitrogens with zero attached hydrogens (tertiary/aromatic N) is 2. The SMILES string of the molecule is Nc1ccc(CCO)cc1.Nc1ccccc1.OCCc1ccc(N2COc3ccc4ccccc4c3C2)cc1.Oc1ccc2ccccc2c1.Oc1ccc2ccccc2c1.c1ccc(N2COc3ccc4ccccc4c3C2)cc1. The van der Waals surface area contributed by atoms with Gasteiger partial charge in [0.1, 0.15) is 23.0 Å². The fourth-order valence-electron chi connectivity index (χ4n) is 9.59. The molecule has 0 fully saturated rings. The molecule has 12 aromatic rings. The molecule has 412 valence electrons. The molecule has 0 spiro atoms. The second-order valence-corrected chi connectivity index (χ2v) is 19.6. The van der Waals surface area contributed by atoms with E-state index in [1.807, 2.05) is 121 Å². The van der Waals surface area contributed by atoms with Crippen molar-refractivity contribution in [2.75, 3.05) is 47.9 Å². The highest BCUT2D eigenvalue weighted by atomic mass is 16.5. The van der Waals surface area contributed by atoms with Crippen LogP contribution in [0.5, 0.6) is 23.0 Å². The number of rotatable bonds is 6. The van der Waals surface area contributed by atoms with Gasteiger partial charge in [0.15, 0.2) is 13.5 Å². The van der Waals surface area contributed by atoms with Crippen molar-refractivity contribution in [3.8, 4) is 23.0 Å². The molecule has 0 aliphatic carbocycles. The van der Waals surface area contributed by atoms with Crippen LogP contribution in [-0.4, -0.2) is 47.1 Å². The highest BCUT2D eigenvalue weighted by Gasteiger charge is 2.21. The van der Waals surface area contributed by atoms with Crippen molar-refractivity contribution in [2.45, 2.75) is 25.9 Å². The molecule has 14 rings (SSSR count). The van der Waals surface area contributed by atoms with E-state index in [4.69, 9.17) is 41.4 Å². The molecule has 0 saturated heterocycles. The van der Waals surface area contributed by atoms with Crippen LogP contribution >= 0.6 is 0 Å². The minimum absolute atomic E-state index is 0.186. The zero-order chi connectivity index (χ0) is 56.9. The summed E-state index contributed by atoms with van der Waals surface area (Å²) in [5, 5.41) is 45.4. The first-order valence-electron chi connectivity index (χ1n) is 27.3. The highest BCUT2D eigenvalue weighted by Crippen LogP contribution is 2.36. The number of phenols is 2. The Bertz CT molecular complexity index is 3840. The predicted molar refractivity (Wildman–Crippen MR) is 339 cm³/mol. The van der Waals surface area contributed by atoms with Gasteiger partial charge in [0.25, 0.3) is 0 Å². The number of hydrogen-bond donors (Lipinski definition) is 6. The Morgan fingerprint density at radius 2 is 0.695 bits per heavy atom. The first-order valence-corrected chi connectivity index (χ1v) is 27.3. The summed E-state index contributed by atoms with van der Waals surface area (Å²) in [6.07, 6.45) is 1.41. The lowest BCUT2D eigenvalue weighted by atomic mass is 10.0. The quantitative estimate of drug-likeness (QED) is 0.0886. The van der Waals surface area contributed by atoms with E-state index in [-0.39, 0.29) is 13.2 Å². The van der Waals surface area contributed by atoms with Crippen LogP contribution in [0.3, 0.4) is 0 Å². The molecular formula is C72H68N4O6. The number of anilines is 4. The minimum atomic E-state index is 0.186. The molecule has 10 heteroatoms. The van der Waals surface area contributed by atoms with Gasteiger partial charge in [-0.25, -0.2) is 0 Å². The summed E-state index contributed by atoms with van der Waals surface area (Å²) in [5.74, 6) is 2.64. The monoisotopic (exact) mass is 1080 g/mol. The summed E-state index contributed by atoms with van der Waals surface area (Å²) in [4.78, 5) is 4.49. The maximum atomic E-state index is 9.13. The summed E-state index contributed by atoms with van der Waals surface area (Å²) in [7, 11) is 0. The highest BCUT2D eigenvalue weighted by molar-refractivity contribution is 5.90. The van der Waals surface area contributed by atoms with E-state index in [2.05, 4.69) is 131 Å². The van der Waals surface area contributed by atoms with Crippen molar-refractivity contribution < 1.29 is 29.9 Å². The molecule has 8 N–H and O–H groups in total. The predicted octanol–water partition coefficient (Wildman–Crippen LogP) is 15.1. The maximum absolute atomic E-state index is 9.13. The van der Waals surface area contributed by atoms with Gasteiger partial charge in [-0.2, -0.15) is 0 Å². The Balaban J connectivity index is 0.000000124. The molecule has 0 amide bonds. The Morgan fingerprint density at radius 1 is 0.341 bits per heavy atom. The summed E-state index contributed by atoms with van der Waals surface area (Å²) >= 11 is 0. The number of ether oxygens (including phenoxy) is 2. The number of aliphatic hydroxyl groups excluding tert-OH is 2. The molecule has 82 heavy (non-hydrogen) atoms. The molecule has 12 aromatic carbocycles. The van der Waals surface area contributed by atoms with Gasteiger partial charge in [-0.1, -0.05) is 182 Å². The summed E-state index contributed by atoms with van der Waals surface area (Å²) in [6, 6.07) is 87.7. The van der Waals surface area contributed by atoms with E-state index in [1.54, 1.807) is 24.3 Å². The summed E-state index contributed by atoms with van der Waals surface area (Å²) in [6.45, 7) is 3.28. The normalized spacial score (nSPS) is 11.9. The molecule has 0 radical (unpaired) electrons. The van der Waals surface area contributed by atoms with Gasteiger partial charge < -0.3 is 51.2 Å². The van der Waals surface area contributed by atoms with Crippen molar-refractivity contribution >= 4 is 65.8 Å². The lowest BCUT2D eigenvalue weighted by molar-refractivity contribution is 0.290. The van der Waals surface area contributed by atoms with E-state index >= 15 is 0 Å². The third-order valence-electron chi connectivity index (χ3n) is 13.9. The van der Waals surface area contributed by atoms with Gasteiger partial charge in [-0.15, -0.1) is 0 Å². The minimum Gasteiger partial charge on any atom is -0.508 e. The first-order chi connectivity index (χ1) is 40.2. The molecule has 2 aliphatic heterocycles. The number of nitrogens with two attached hydrogens (primary N) is 2. The Hall–Kier alpha value is -10.0. The molecule has 0 aromatic heterocycles. The van der Waals surface area contributed by atoms with Crippen molar-refractivity contribution in [1.29, 1.82) is 0 Å². The molecule has 0 atom stereocenters. The number of para-hydroxylation sites is 2. The zero-order valence-corrected chi connectivity index (χ0v) is 45.7. The smallest absolute Gasteiger partial charge is 0.161 e. The molecule has 0 bridgehead atoms. The third kappa shape index (κ3) is 15.6. The fourth-order valence-corrected chi connectivity index (χ4v) is 9.59. The van der Waals surface area contributed by atoms with Crippen LogP contribution in [0.15, 0.2) is 267 Å². The number of benzene rings is 12. The fraction of sp³-hybridized carbons (Fsp3) is 0.111. The molecule has 10 nitrogen and oxygen atoms in total. The van der Waals surface area contributed by atoms with E-state index < -0.39 is 0 Å². The zero-order valence-electron chi connectivity index (χ0n) is 45.7. The van der Waals surface area contributed by atoms with E-state index in [0.717, 1.165) is 74.3 Å². The Morgan fingerprint density at radius 3 is 1.12 bits per heavy atom. The average molecular weight is 1090 g/mol. The molecular weight excluding hydrogens is 1020 g/mol. The van der Waals surface area contributed by atoms with Crippen LogP contribution in [0.4, 0.5) is 22.7 Å². The van der Waals surface area contributed by atoms with Gasteiger partial charge in [0.2, 0.25) is 0 Å². The van der Waals surface area contributed by atoms with Gasteiger partial charge in [0, 0.05) is 47.1 Å². The first kappa shape index (κ1) is 56.7. The Labute approximate surface area is 479 Å². The van der Waals surface area contributed by atoms with Crippen LogP contribution in [0.1, 0.15) is 22.3 Å². The molecule has 2 aliphatic rings. The van der Waals surface area contributed by atoms with Gasteiger partial charge in [-0.3, -0.25) is 0 Å². The molecule has 0 unspecified atom stereocenters. The number of hydrogen-bond acceptors (Lipinski definition) is 10. The van der Waals surface area contributed by atoms with Crippen LogP contribution in [0.2, 0.25) is 0 Å². The topological polar surface area (TPSA) is 158 Å². The lowest BCUT2D eigenvalue weighted by Gasteiger charge is -2.31. The number of aliphatic hydroxyl groups is 2. The second kappa shape index (κ2) is 28.8. The van der Waals surface area contributed by atoms with Crippen LogP contribution < -0.4 is 30.7 Å². The van der Waals surface area contributed by atoms with Crippen LogP contribution in [-0.2, 0) is 25.9 Å². The number of nitrogen functional groups attached to an aromatic ring is 2. The summed E-state index contributed by atoms with van der Waals surface area (Å²) in [5.41, 5.74) is 19.5. The standard InChI is InChI=1S/C20H19NO2.C18H15NO.2C10H8O.C8H11NO.C6H7N/c22-12-11-15-5-8-17(9-6-15)21-13-19-18-4-2-1-3-16(18)7-10-20(19)23-14-21;1-2-7-15(8-3-1)19-12-17-16-9-5-4-6-14(16)10-11-18(17)20-13-19;2*11-10-6-5-8-3-1-2-4-9(8)7-10;9-8-3-1-7(2-4-8)5-6-10;7-6-4-2-1-3-5-6/h1-10,22H,11-14H2;1-11H,12-13H2;2*1-7,11H;1-4,10H,5-6,9H2;1-5H,7H2. The van der Waals surface area contributed by atoms with Gasteiger partial charge in [0.05, 0.1) is 13.1 Å². The van der Waals surface area contributed by atoms with E-state index in [1.165, 1.54) is 38.4 Å². The lowest BCUT2D eigenvalue weighted by Crippen LogP contribution is -2.31. The van der Waals surface area contributed by atoms with Crippen molar-refractivity contribution in [3.63, 3.8) is 0 Å². The van der Waals surface area contributed by atoms with Gasteiger partial charge >= 0.3 is 0 Å². The molecule has 2 heterocycles. The number of aromatic hydroxyl groups is 2. The third-order valence-corrected chi connectivity index (χ3v) is 13.9. The van der Waals surface area contributed by atoms with Crippen molar-refractivity contribution in [2.24, 2.45) is 0 Å². The Kier molecular flexibility index (Phi) is 19.9. The van der Waals surface area contributed by atoms with Crippen LogP contribution in [0, 0.1) is 0 Å². The van der Waals surface area contributed by atoms with Crippen molar-refractivity contribution in [3.05, 3.63) is 289 Å². The second-order valence-electron chi connectivity index (χ2n) is 19.6. The molecule has 0 saturated carbocycles. The largest absolute Gasteiger partial charge is 0.508 e. The van der Waals surface area contributed by atoms with Gasteiger partial charge in [-0.05, 0) is 152 Å². The summed E-state index contributed by atoms with van der Waals surface area (Å²) < 4.78 is 11.9. The number of phenolic OH excluding ortho intramolecular Hbond substituents is 2. The average Bonchev–Trinajstić information content (AvgIpc) is 3.30. The number of fused-ring (bicyclic) bond motifs is 8. The van der Waals surface area contributed by atoms with E-state index in [0.29, 0.717) is 37.8 Å². The maximum Gasteiger partial charge on any atom is 0.161 e.